The Morgan fingerprint density at radius 1 is 1.42 bits per heavy atom. The van der Waals surface area contributed by atoms with E-state index in [1.807, 2.05) is 0 Å². The molecule has 2 amide bonds. The number of nitrogens with zero attached hydrogens (tertiary/aromatic N) is 2. The topological polar surface area (TPSA) is 77.4 Å². The van der Waals surface area contributed by atoms with E-state index in [1.54, 1.807) is 37.2 Å². The van der Waals surface area contributed by atoms with Crippen LogP contribution in [0, 0.1) is 5.82 Å². The second-order valence-corrected chi connectivity index (χ2v) is 5.20. The molecule has 0 unspecified atom stereocenters. The second kappa shape index (κ2) is 8.30. The molecule has 0 aliphatic carbocycles. The first-order valence-electron chi connectivity index (χ1n) is 7.46. The number of ether oxygens (including phenoxy) is 2. The zero-order valence-electron chi connectivity index (χ0n) is 13.9. The molecule has 2 N–H and O–H groups in total. The van der Waals surface area contributed by atoms with Gasteiger partial charge in [0.05, 0.1) is 38.2 Å². The Hall–Kier alpha value is -2.61. The van der Waals surface area contributed by atoms with Gasteiger partial charge in [-0.2, -0.15) is 5.10 Å². The van der Waals surface area contributed by atoms with Crippen molar-refractivity contribution in [2.24, 2.45) is 0 Å². The predicted octanol–water partition coefficient (Wildman–Crippen LogP) is 2.56. The molecule has 0 aliphatic rings. The molecule has 1 heterocycles. The van der Waals surface area contributed by atoms with Crippen LogP contribution in [-0.2, 0) is 11.3 Å². The van der Waals surface area contributed by atoms with Gasteiger partial charge in [-0.15, -0.1) is 0 Å². The first-order chi connectivity index (χ1) is 11.5. The number of benzene rings is 1. The van der Waals surface area contributed by atoms with E-state index in [-0.39, 0.29) is 11.8 Å². The lowest BCUT2D eigenvalue weighted by Crippen LogP contribution is -2.31. The van der Waals surface area contributed by atoms with Gasteiger partial charge in [0.1, 0.15) is 0 Å². The van der Waals surface area contributed by atoms with Gasteiger partial charge in [0.15, 0.2) is 11.6 Å². The number of nitrogens with one attached hydrogen (secondary N) is 2. The number of amides is 2. The number of anilines is 1. The van der Waals surface area contributed by atoms with Crippen LogP contribution in [0.3, 0.4) is 0 Å². The smallest absolute Gasteiger partial charge is 0.319 e. The fourth-order valence-corrected chi connectivity index (χ4v) is 2.13. The molecule has 0 bridgehead atoms. The summed E-state index contributed by atoms with van der Waals surface area (Å²) >= 11 is 0. The summed E-state index contributed by atoms with van der Waals surface area (Å²) in [4.78, 5) is 12.0. The zero-order valence-corrected chi connectivity index (χ0v) is 13.9. The molecule has 0 saturated carbocycles. The molecular weight excluding hydrogens is 315 g/mol. The Morgan fingerprint density at radius 3 is 2.88 bits per heavy atom. The van der Waals surface area contributed by atoms with E-state index < -0.39 is 11.8 Å². The van der Waals surface area contributed by atoms with Crippen LogP contribution in [0.4, 0.5) is 14.9 Å². The molecule has 1 atom stereocenters. The van der Waals surface area contributed by atoms with Gasteiger partial charge in [0, 0.05) is 13.3 Å². The molecule has 2 rings (SSSR count). The third-order valence-electron chi connectivity index (χ3n) is 3.44. The summed E-state index contributed by atoms with van der Waals surface area (Å²) in [7, 11) is 3.01. The standard InChI is InChI=1S/C16H21FN4O3/c1-11(12-4-5-15(24-3)14(17)8-12)19-16(22)20-13-9-18-21(10-13)6-7-23-2/h4-5,8-11H,6-7H2,1-3H3,(H2,19,20,22)/t11-/m0/s1. The lowest BCUT2D eigenvalue weighted by Gasteiger charge is -2.15. The van der Waals surface area contributed by atoms with E-state index in [1.165, 1.54) is 19.2 Å². The molecule has 0 radical (unpaired) electrons. The van der Waals surface area contributed by atoms with Crippen LogP contribution < -0.4 is 15.4 Å². The maximum absolute atomic E-state index is 13.7. The molecule has 8 heteroatoms. The number of methoxy groups -OCH3 is 2. The second-order valence-electron chi connectivity index (χ2n) is 5.20. The largest absolute Gasteiger partial charge is 0.494 e. The van der Waals surface area contributed by atoms with Crippen LogP contribution >= 0.6 is 0 Å². The van der Waals surface area contributed by atoms with Crippen molar-refractivity contribution >= 4 is 11.7 Å². The summed E-state index contributed by atoms with van der Waals surface area (Å²) in [5.74, 6) is -0.303. The number of urea groups is 1. The van der Waals surface area contributed by atoms with Gasteiger partial charge in [-0.05, 0) is 24.6 Å². The van der Waals surface area contributed by atoms with Crippen LogP contribution in [0.1, 0.15) is 18.5 Å². The van der Waals surface area contributed by atoms with E-state index in [2.05, 4.69) is 15.7 Å². The highest BCUT2D eigenvalue weighted by Gasteiger charge is 2.13. The van der Waals surface area contributed by atoms with Crippen molar-refractivity contribution in [2.45, 2.75) is 19.5 Å². The first-order valence-corrected chi connectivity index (χ1v) is 7.46. The van der Waals surface area contributed by atoms with Crippen molar-refractivity contribution in [3.63, 3.8) is 0 Å². The number of rotatable bonds is 7. The summed E-state index contributed by atoms with van der Waals surface area (Å²) in [5.41, 5.74) is 1.20. The number of carbonyl (C=O) groups excluding carboxylic acids is 1. The minimum atomic E-state index is -0.469. The molecule has 130 valence electrons. The Balaban J connectivity index is 1.91. The van der Waals surface area contributed by atoms with Crippen molar-refractivity contribution in [1.82, 2.24) is 15.1 Å². The number of carbonyl (C=O) groups is 1. The Morgan fingerprint density at radius 2 is 2.21 bits per heavy atom. The van der Waals surface area contributed by atoms with Crippen molar-refractivity contribution in [2.75, 3.05) is 26.1 Å². The summed E-state index contributed by atoms with van der Waals surface area (Å²) in [5, 5.41) is 9.53. The number of halogens is 1. The van der Waals surface area contributed by atoms with Gasteiger partial charge in [-0.1, -0.05) is 6.07 Å². The molecule has 0 saturated heterocycles. The van der Waals surface area contributed by atoms with E-state index in [4.69, 9.17) is 9.47 Å². The van der Waals surface area contributed by atoms with E-state index in [9.17, 15) is 9.18 Å². The van der Waals surface area contributed by atoms with Gasteiger partial charge in [0.25, 0.3) is 0 Å². The fraction of sp³-hybridized carbons (Fsp3) is 0.375. The van der Waals surface area contributed by atoms with Crippen LogP contribution in [-0.4, -0.2) is 36.6 Å². The van der Waals surface area contributed by atoms with E-state index in [0.717, 1.165) is 0 Å². The van der Waals surface area contributed by atoms with Gasteiger partial charge >= 0.3 is 6.03 Å². The third-order valence-corrected chi connectivity index (χ3v) is 3.44. The average molecular weight is 336 g/mol. The quantitative estimate of drug-likeness (QED) is 0.815. The fourth-order valence-electron chi connectivity index (χ4n) is 2.13. The predicted molar refractivity (Wildman–Crippen MR) is 87.6 cm³/mol. The summed E-state index contributed by atoms with van der Waals surface area (Å²) in [6.45, 7) is 2.90. The Bertz CT molecular complexity index is 690. The van der Waals surface area contributed by atoms with E-state index in [0.29, 0.717) is 24.4 Å². The molecule has 0 spiro atoms. The normalized spacial score (nSPS) is 11.8. The van der Waals surface area contributed by atoms with Crippen LogP contribution in [0.2, 0.25) is 0 Å². The summed E-state index contributed by atoms with van der Waals surface area (Å²) in [6.07, 6.45) is 3.25. The Labute approximate surface area is 139 Å². The van der Waals surface area contributed by atoms with Crippen molar-refractivity contribution in [3.8, 4) is 5.75 Å². The first kappa shape index (κ1) is 17.7. The maximum Gasteiger partial charge on any atom is 0.319 e. The minimum absolute atomic E-state index is 0.166. The minimum Gasteiger partial charge on any atom is -0.494 e. The third kappa shape index (κ3) is 4.69. The van der Waals surface area contributed by atoms with Crippen molar-refractivity contribution in [1.29, 1.82) is 0 Å². The number of hydrogen-bond donors (Lipinski definition) is 2. The maximum atomic E-state index is 13.7. The molecule has 24 heavy (non-hydrogen) atoms. The average Bonchev–Trinajstić information content (AvgIpc) is 2.99. The van der Waals surface area contributed by atoms with Crippen molar-refractivity contribution < 1.29 is 18.7 Å². The number of aromatic nitrogens is 2. The van der Waals surface area contributed by atoms with Crippen LogP contribution in [0.5, 0.6) is 5.75 Å². The summed E-state index contributed by atoms with van der Waals surface area (Å²) < 4.78 is 25.2. The van der Waals surface area contributed by atoms with Gasteiger partial charge in [-0.3, -0.25) is 4.68 Å². The molecule has 1 aromatic carbocycles. The van der Waals surface area contributed by atoms with Crippen LogP contribution in [0.25, 0.3) is 0 Å². The monoisotopic (exact) mass is 336 g/mol. The zero-order chi connectivity index (χ0) is 17.5. The molecule has 7 nitrogen and oxygen atoms in total. The SMILES string of the molecule is COCCn1cc(NC(=O)N[C@@H](C)c2ccc(OC)c(F)c2)cn1. The van der Waals surface area contributed by atoms with Gasteiger partial charge < -0.3 is 20.1 Å². The molecule has 0 fully saturated rings. The molecular formula is C16H21FN4O3. The van der Waals surface area contributed by atoms with Gasteiger partial charge in [0.2, 0.25) is 0 Å². The van der Waals surface area contributed by atoms with E-state index >= 15 is 0 Å². The van der Waals surface area contributed by atoms with Gasteiger partial charge in [-0.25, -0.2) is 9.18 Å². The highest BCUT2D eigenvalue weighted by atomic mass is 19.1. The number of hydrogen-bond acceptors (Lipinski definition) is 4. The highest BCUT2D eigenvalue weighted by molar-refractivity contribution is 5.89. The van der Waals surface area contributed by atoms with Crippen molar-refractivity contribution in [3.05, 3.63) is 42.0 Å². The lowest BCUT2D eigenvalue weighted by atomic mass is 10.1. The molecule has 0 aliphatic heterocycles. The summed E-state index contributed by atoms with van der Waals surface area (Å²) in [6, 6.07) is 3.81. The Kier molecular flexibility index (Phi) is 6.14. The molecule has 2 aromatic rings. The lowest BCUT2D eigenvalue weighted by molar-refractivity contribution is 0.183. The van der Waals surface area contributed by atoms with Crippen LogP contribution in [0.15, 0.2) is 30.6 Å². The highest BCUT2D eigenvalue weighted by Crippen LogP contribution is 2.21. The molecule has 1 aromatic heterocycles.